The van der Waals surface area contributed by atoms with Gasteiger partial charge in [0.25, 0.3) is 5.91 Å². The summed E-state index contributed by atoms with van der Waals surface area (Å²) in [7, 11) is 0. The molecule has 5 heteroatoms. The minimum atomic E-state index is -1.03. The minimum Gasteiger partial charge on any atom is -0.480 e. The number of aliphatic carboxylic acids is 1. The molecule has 2 N–H and O–H groups in total. The van der Waals surface area contributed by atoms with Gasteiger partial charge in [0.2, 0.25) is 0 Å². The first-order valence-corrected chi connectivity index (χ1v) is 5.80. The Labute approximate surface area is 99.4 Å². The second-order valence-corrected chi connectivity index (χ2v) is 4.42. The Morgan fingerprint density at radius 1 is 1.53 bits per heavy atom. The van der Waals surface area contributed by atoms with Crippen LogP contribution in [-0.4, -0.2) is 27.6 Å². The van der Waals surface area contributed by atoms with Gasteiger partial charge in [-0.1, -0.05) is 0 Å². The molecular weight excluding hydrogens is 220 g/mol. The largest absolute Gasteiger partial charge is 0.480 e. The van der Waals surface area contributed by atoms with Crippen LogP contribution in [0.3, 0.4) is 0 Å². The van der Waals surface area contributed by atoms with Gasteiger partial charge in [-0.25, -0.2) is 0 Å². The number of carboxylic acids is 1. The van der Waals surface area contributed by atoms with Gasteiger partial charge in [-0.05, 0) is 38.3 Å². The molecule has 92 valence electrons. The maximum atomic E-state index is 11.9. The Bertz CT molecular complexity index is 435. The summed E-state index contributed by atoms with van der Waals surface area (Å²) in [6.07, 6.45) is 5.24. The van der Waals surface area contributed by atoms with Crippen molar-refractivity contribution < 1.29 is 14.7 Å². The normalized spacial score (nSPS) is 17.2. The average molecular weight is 236 g/mol. The van der Waals surface area contributed by atoms with Crippen molar-refractivity contribution >= 4 is 11.9 Å². The topological polar surface area (TPSA) is 71.3 Å². The molecule has 0 saturated heterocycles. The maximum Gasteiger partial charge on any atom is 0.325 e. The lowest BCUT2D eigenvalue weighted by molar-refractivity contribution is -0.138. The van der Waals surface area contributed by atoms with Crippen LogP contribution in [0.15, 0.2) is 18.3 Å². The van der Waals surface area contributed by atoms with Crippen molar-refractivity contribution in [3.63, 3.8) is 0 Å². The second-order valence-electron chi connectivity index (χ2n) is 4.42. The van der Waals surface area contributed by atoms with Crippen LogP contribution >= 0.6 is 0 Å². The molecule has 0 aliphatic heterocycles. The van der Waals surface area contributed by atoms with Crippen LogP contribution in [0.1, 0.15) is 42.7 Å². The fraction of sp³-hybridized carbons (Fsp3) is 0.500. The summed E-state index contributed by atoms with van der Waals surface area (Å²) in [5, 5.41) is 11.2. The third-order valence-electron chi connectivity index (χ3n) is 3.20. The van der Waals surface area contributed by atoms with E-state index in [0.717, 1.165) is 12.8 Å². The first-order chi connectivity index (χ1) is 8.09. The Balaban J connectivity index is 2.08. The SMILES string of the molecule is CC(NC(=O)c1cccn1C1CCC1)C(=O)O. The van der Waals surface area contributed by atoms with E-state index < -0.39 is 12.0 Å². The number of aromatic nitrogens is 1. The predicted molar refractivity (Wildman–Crippen MR) is 61.9 cm³/mol. The van der Waals surface area contributed by atoms with Crippen molar-refractivity contribution in [3.05, 3.63) is 24.0 Å². The third-order valence-corrected chi connectivity index (χ3v) is 3.20. The molecule has 1 aromatic rings. The van der Waals surface area contributed by atoms with Crippen LogP contribution in [0.2, 0.25) is 0 Å². The van der Waals surface area contributed by atoms with Gasteiger partial charge in [0.15, 0.2) is 0 Å². The zero-order valence-electron chi connectivity index (χ0n) is 9.72. The van der Waals surface area contributed by atoms with Crippen LogP contribution in [0, 0.1) is 0 Å². The lowest BCUT2D eigenvalue weighted by atomic mass is 9.93. The van der Waals surface area contributed by atoms with Gasteiger partial charge in [0, 0.05) is 12.2 Å². The number of carbonyl (C=O) groups excluding carboxylic acids is 1. The molecule has 0 bridgehead atoms. The van der Waals surface area contributed by atoms with Crippen LogP contribution in [0.5, 0.6) is 0 Å². The Morgan fingerprint density at radius 2 is 2.24 bits per heavy atom. The van der Waals surface area contributed by atoms with Crippen LogP contribution < -0.4 is 5.32 Å². The molecule has 0 spiro atoms. The minimum absolute atomic E-state index is 0.322. The van der Waals surface area contributed by atoms with Gasteiger partial charge in [-0.2, -0.15) is 0 Å². The van der Waals surface area contributed by atoms with Crippen molar-refractivity contribution in [2.24, 2.45) is 0 Å². The lowest BCUT2D eigenvalue weighted by Gasteiger charge is -2.28. The summed E-state index contributed by atoms with van der Waals surface area (Å²) < 4.78 is 1.94. The van der Waals surface area contributed by atoms with E-state index in [1.54, 1.807) is 6.07 Å². The highest BCUT2D eigenvalue weighted by Gasteiger charge is 2.24. The molecule has 5 nitrogen and oxygen atoms in total. The molecule has 0 aromatic carbocycles. The molecule has 17 heavy (non-hydrogen) atoms. The van der Waals surface area contributed by atoms with Crippen molar-refractivity contribution in [2.75, 3.05) is 0 Å². The first kappa shape index (κ1) is 11.7. The highest BCUT2D eigenvalue weighted by molar-refractivity contribution is 5.95. The Hall–Kier alpha value is -1.78. The molecule has 0 radical (unpaired) electrons. The molecule has 1 aromatic heterocycles. The fourth-order valence-corrected chi connectivity index (χ4v) is 1.90. The van der Waals surface area contributed by atoms with Crippen LogP contribution in [-0.2, 0) is 4.79 Å². The highest BCUT2D eigenvalue weighted by atomic mass is 16.4. The second kappa shape index (κ2) is 4.61. The van der Waals surface area contributed by atoms with Crippen molar-refractivity contribution in [1.82, 2.24) is 9.88 Å². The number of hydrogen-bond acceptors (Lipinski definition) is 2. The molecule has 1 atom stereocenters. The van der Waals surface area contributed by atoms with Crippen LogP contribution in [0.25, 0.3) is 0 Å². The van der Waals surface area contributed by atoms with E-state index in [2.05, 4.69) is 5.32 Å². The van der Waals surface area contributed by atoms with Crippen molar-refractivity contribution in [1.29, 1.82) is 0 Å². The summed E-state index contributed by atoms with van der Waals surface area (Å²) in [4.78, 5) is 22.6. The number of hydrogen-bond donors (Lipinski definition) is 2. The van der Waals surface area contributed by atoms with Crippen LogP contribution in [0.4, 0.5) is 0 Å². The van der Waals surface area contributed by atoms with E-state index in [-0.39, 0.29) is 5.91 Å². The van der Waals surface area contributed by atoms with Gasteiger partial charge < -0.3 is 15.0 Å². The van der Waals surface area contributed by atoms with E-state index in [9.17, 15) is 9.59 Å². The van der Waals surface area contributed by atoms with E-state index in [1.807, 2.05) is 16.8 Å². The third kappa shape index (κ3) is 2.33. The first-order valence-electron chi connectivity index (χ1n) is 5.80. The van der Waals surface area contributed by atoms with Crippen molar-refractivity contribution in [3.8, 4) is 0 Å². The van der Waals surface area contributed by atoms with Gasteiger partial charge in [-0.15, -0.1) is 0 Å². The van der Waals surface area contributed by atoms with Gasteiger partial charge in [-0.3, -0.25) is 9.59 Å². The van der Waals surface area contributed by atoms with E-state index in [0.29, 0.717) is 11.7 Å². The van der Waals surface area contributed by atoms with Gasteiger partial charge in [0.05, 0.1) is 0 Å². The summed E-state index contributed by atoms with van der Waals surface area (Å²) in [6, 6.07) is 3.07. The molecule has 1 aliphatic carbocycles. The molecular formula is C12H16N2O3. The highest BCUT2D eigenvalue weighted by Crippen LogP contribution is 2.32. The predicted octanol–water partition coefficient (Wildman–Crippen LogP) is 1.42. The van der Waals surface area contributed by atoms with E-state index in [4.69, 9.17) is 5.11 Å². The maximum absolute atomic E-state index is 11.9. The summed E-state index contributed by atoms with van der Waals surface area (Å²) >= 11 is 0. The fourth-order valence-electron chi connectivity index (χ4n) is 1.90. The quantitative estimate of drug-likeness (QED) is 0.830. The molecule has 1 fully saturated rings. The molecule has 2 rings (SSSR count). The molecule has 1 amide bonds. The number of carboxylic acid groups (broad SMARTS) is 1. The number of amides is 1. The molecule has 1 saturated carbocycles. The zero-order chi connectivity index (χ0) is 12.4. The standard InChI is InChI=1S/C12H16N2O3/c1-8(12(16)17)13-11(15)10-6-3-7-14(10)9-4-2-5-9/h3,6-9H,2,4-5H2,1H3,(H,13,15)(H,16,17). The molecule has 1 heterocycles. The lowest BCUT2D eigenvalue weighted by Crippen LogP contribution is -2.39. The smallest absolute Gasteiger partial charge is 0.325 e. The van der Waals surface area contributed by atoms with Gasteiger partial charge >= 0.3 is 5.97 Å². The Kier molecular flexibility index (Phi) is 3.17. The van der Waals surface area contributed by atoms with Gasteiger partial charge in [0.1, 0.15) is 11.7 Å². The number of nitrogens with one attached hydrogen (secondary N) is 1. The molecule has 1 unspecified atom stereocenters. The van der Waals surface area contributed by atoms with E-state index >= 15 is 0 Å². The zero-order valence-corrected chi connectivity index (χ0v) is 9.72. The number of rotatable bonds is 4. The monoisotopic (exact) mass is 236 g/mol. The van der Waals surface area contributed by atoms with Crippen molar-refractivity contribution in [2.45, 2.75) is 38.3 Å². The molecule has 1 aliphatic rings. The number of carbonyl (C=O) groups is 2. The summed E-state index contributed by atoms with van der Waals surface area (Å²) in [5.41, 5.74) is 0.544. The number of nitrogens with zero attached hydrogens (tertiary/aromatic N) is 1. The Morgan fingerprint density at radius 3 is 2.76 bits per heavy atom. The van der Waals surface area contributed by atoms with E-state index in [1.165, 1.54) is 13.3 Å². The summed E-state index contributed by atoms with van der Waals surface area (Å²) in [6.45, 7) is 1.46. The summed E-state index contributed by atoms with van der Waals surface area (Å²) in [5.74, 6) is -1.35. The average Bonchev–Trinajstić information content (AvgIpc) is 2.63.